The summed E-state index contributed by atoms with van der Waals surface area (Å²) < 4.78 is 1.86. The molecule has 0 atom stereocenters. The Bertz CT molecular complexity index is 754. The number of anilines is 1. The van der Waals surface area contributed by atoms with Gasteiger partial charge in [-0.3, -0.25) is 9.89 Å². The first kappa shape index (κ1) is 8.96. The Labute approximate surface area is 90.5 Å². The number of pyridine rings is 1. The van der Waals surface area contributed by atoms with Crippen molar-refractivity contribution in [2.45, 2.75) is 0 Å². The predicted molar refractivity (Wildman–Crippen MR) is 63.3 cm³/mol. The van der Waals surface area contributed by atoms with Crippen molar-refractivity contribution in [2.75, 3.05) is 5.73 Å². The lowest BCUT2D eigenvalue weighted by Gasteiger charge is -2.05. The molecule has 0 aliphatic heterocycles. The van der Waals surface area contributed by atoms with Crippen molar-refractivity contribution in [2.24, 2.45) is 7.05 Å². The van der Waals surface area contributed by atoms with Crippen LogP contribution in [0.5, 0.6) is 0 Å². The number of nitrogens with zero attached hydrogens (tertiary/aromatic N) is 2. The molecule has 16 heavy (non-hydrogen) atoms. The molecule has 2 heterocycles. The molecule has 5 heteroatoms. The first-order valence-electron chi connectivity index (χ1n) is 4.91. The zero-order valence-electron chi connectivity index (χ0n) is 8.69. The average molecular weight is 214 g/mol. The van der Waals surface area contributed by atoms with E-state index in [0.717, 1.165) is 5.52 Å². The van der Waals surface area contributed by atoms with E-state index in [9.17, 15) is 4.79 Å². The van der Waals surface area contributed by atoms with Crippen LogP contribution in [0.4, 0.5) is 5.82 Å². The monoisotopic (exact) mass is 214 g/mol. The quantitative estimate of drug-likeness (QED) is 0.586. The van der Waals surface area contributed by atoms with E-state index in [2.05, 4.69) is 10.2 Å². The molecule has 0 bridgehead atoms. The highest BCUT2D eigenvalue weighted by Crippen LogP contribution is 2.18. The molecule has 0 saturated heterocycles. The predicted octanol–water partition coefficient (Wildman–Crippen LogP) is 0.997. The molecule has 0 aliphatic rings. The van der Waals surface area contributed by atoms with Crippen LogP contribution in [0, 0.1) is 0 Å². The van der Waals surface area contributed by atoms with E-state index in [1.807, 2.05) is 29.8 Å². The summed E-state index contributed by atoms with van der Waals surface area (Å²) in [5, 5.41) is 7.80. The van der Waals surface area contributed by atoms with Gasteiger partial charge < -0.3 is 10.3 Å². The van der Waals surface area contributed by atoms with Gasteiger partial charge in [-0.1, -0.05) is 12.1 Å². The van der Waals surface area contributed by atoms with Gasteiger partial charge in [-0.25, -0.2) is 0 Å². The highest BCUT2D eigenvalue weighted by atomic mass is 16.1. The summed E-state index contributed by atoms with van der Waals surface area (Å²) in [6, 6.07) is 7.42. The minimum absolute atomic E-state index is 0.0741. The summed E-state index contributed by atoms with van der Waals surface area (Å²) in [5.41, 5.74) is 7.07. The maximum absolute atomic E-state index is 12.2. The van der Waals surface area contributed by atoms with Crippen LogP contribution in [0.1, 0.15) is 0 Å². The van der Waals surface area contributed by atoms with Crippen molar-refractivity contribution in [1.82, 2.24) is 14.8 Å². The van der Waals surface area contributed by atoms with E-state index in [4.69, 9.17) is 5.73 Å². The number of benzene rings is 1. The molecule has 3 aromatic rings. The summed E-state index contributed by atoms with van der Waals surface area (Å²) in [6.45, 7) is 0. The second-order valence-electron chi connectivity index (χ2n) is 3.74. The molecule has 0 unspecified atom stereocenters. The van der Waals surface area contributed by atoms with Crippen LogP contribution in [-0.2, 0) is 7.05 Å². The molecular weight excluding hydrogens is 204 g/mol. The van der Waals surface area contributed by atoms with E-state index >= 15 is 0 Å². The van der Waals surface area contributed by atoms with Crippen molar-refractivity contribution in [3.8, 4) is 0 Å². The van der Waals surface area contributed by atoms with Crippen molar-refractivity contribution in [3.05, 3.63) is 34.5 Å². The molecule has 0 fully saturated rings. The summed E-state index contributed by atoms with van der Waals surface area (Å²) in [6.07, 6.45) is 0. The summed E-state index contributed by atoms with van der Waals surface area (Å²) in [4.78, 5) is 12.2. The molecule has 0 spiro atoms. The van der Waals surface area contributed by atoms with Gasteiger partial charge in [0, 0.05) is 12.4 Å². The van der Waals surface area contributed by atoms with Crippen LogP contribution in [0.3, 0.4) is 0 Å². The standard InChI is InChI=1S/C11H10N4O/c1-15-7-5-3-2-4-6(7)9(16)8-10(12)13-14-11(8)15/h2-5H,1H3,(H3,12,13,14). The number of nitrogens with two attached hydrogens (primary N) is 1. The van der Waals surface area contributed by atoms with Crippen molar-refractivity contribution in [3.63, 3.8) is 0 Å². The second-order valence-corrected chi connectivity index (χ2v) is 3.74. The summed E-state index contributed by atoms with van der Waals surface area (Å²) >= 11 is 0. The first-order chi connectivity index (χ1) is 7.70. The molecule has 0 aliphatic carbocycles. The van der Waals surface area contributed by atoms with Gasteiger partial charge in [-0.15, -0.1) is 0 Å². The fourth-order valence-electron chi connectivity index (χ4n) is 2.02. The number of nitrogen functional groups attached to an aromatic ring is 1. The largest absolute Gasteiger partial charge is 0.383 e. The van der Waals surface area contributed by atoms with Gasteiger partial charge in [0.2, 0.25) is 5.43 Å². The number of aryl methyl sites for hydroxylation is 1. The van der Waals surface area contributed by atoms with Gasteiger partial charge in [0.15, 0.2) is 5.65 Å². The Morgan fingerprint density at radius 1 is 1.38 bits per heavy atom. The van der Waals surface area contributed by atoms with E-state index in [0.29, 0.717) is 22.2 Å². The van der Waals surface area contributed by atoms with E-state index in [1.165, 1.54) is 0 Å². The molecule has 0 saturated carbocycles. The first-order valence-corrected chi connectivity index (χ1v) is 4.91. The molecule has 0 amide bonds. The van der Waals surface area contributed by atoms with Gasteiger partial charge in [-0.2, -0.15) is 5.10 Å². The number of fused-ring (bicyclic) bond motifs is 2. The number of para-hydroxylation sites is 1. The molecule has 2 aromatic heterocycles. The number of H-pyrrole nitrogens is 1. The normalized spacial score (nSPS) is 11.3. The smallest absolute Gasteiger partial charge is 0.202 e. The third-order valence-corrected chi connectivity index (χ3v) is 2.83. The average Bonchev–Trinajstić information content (AvgIpc) is 2.69. The Morgan fingerprint density at radius 3 is 2.94 bits per heavy atom. The minimum Gasteiger partial charge on any atom is -0.383 e. The topological polar surface area (TPSA) is 76.7 Å². The van der Waals surface area contributed by atoms with E-state index in [1.54, 1.807) is 6.07 Å². The molecule has 0 radical (unpaired) electrons. The van der Waals surface area contributed by atoms with Gasteiger partial charge in [-0.05, 0) is 12.1 Å². The third-order valence-electron chi connectivity index (χ3n) is 2.83. The van der Waals surface area contributed by atoms with E-state index in [-0.39, 0.29) is 5.43 Å². The number of nitrogens with one attached hydrogen (secondary N) is 1. The number of hydrogen-bond acceptors (Lipinski definition) is 3. The molecular formula is C11H10N4O. The lowest BCUT2D eigenvalue weighted by Crippen LogP contribution is -2.09. The zero-order valence-corrected chi connectivity index (χ0v) is 8.69. The van der Waals surface area contributed by atoms with Gasteiger partial charge in [0.05, 0.1) is 5.52 Å². The van der Waals surface area contributed by atoms with Crippen LogP contribution >= 0.6 is 0 Å². The Hall–Kier alpha value is -2.30. The van der Waals surface area contributed by atoms with Gasteiger partial charge in [0.25, 0.3) is 0 Å². The van der Waals surface area contributed by atoms with Crippen LogP contribution in [0.15, 0.2) is 29.1 Å². The molecule has 5 nitrogen and oxygen atoms in total. The highest BCUT2D eigenvalue weighted by molar-refractivity contribution is 5.96. The van der Waals surface area contributed by atoms with Crippen LogP contribution in [-0.4, -0.2) is 14.8 Å². The van der Waals surface area contributed by atoms with Crippen LogP contribution < -0.4 is 11.2 Å². The second kappa shape index (κ2) is 2.85. The number of aromatic amines is 1. The van der Waals surface area contributed by atoms with Gasteiger partial charge in [0.1, 0.15) is 11.2 Å². The van der Waals surface area contributed by atoms with E-state index < -0.39 is 0 Å². The number of rotatable bonds is 0. The Kier molecular flexibility index (Phi) is 1.60. The van der Waals surface area contributed by atoms with Crippen molar-refractivity contribution < 1.29 is 0 Å². The summed E-state index contributed by atoms with van der Waals surface area (Å²) in [5.74, 6) is 0.321. The number of hydrogen-bond donors (Lipinski definition) is 2. The van der Waals surface area contributed by atoms with Crippen LogP contribution in [0.2, 0.25) is 0 Å². The van der Waals surface area contributed by atoms with Crippen molar-refractivity contribution >= 4 is 27.8 Å². The maximum Gasteiger partial charge on any atom is 0.202 e. The lowest BCUT2D eigenvalue weighted by atomic mass is 10.1. The Balaban J connectivity index is 2.75. The fraction of sp³-hybridized carbons (Fsp3) is 0.0909. The third kappa shape index (κ3) is 0.942. The summed E-state index contributed by atoms with van der Waals surface area (Å²) in [7, 11) is 1.87. The highest BCUT2D eigenvalue weighted by Gasteiger charge is 2.12. The van der Waals surface area contributed by atoms with Crippen molar-refractivity contribution in [1.29, 1.82) is 0 Å². The molecule has 80 valence electrons. The zero-order chi connectivity index (χ0) is 11.3. The Morgan fingerprint density at radius 2 is 2.12 bits per heavy atom. The maximum atomic E-state index is 12.2. The number of aromatic nitrogens is 3. The SMILES string of the molecule is Cn1c2ccccc2c(=O)c2c(N)[nH]nc21. The van der Waals surface area contributed by atoms with Gasteiger partial charge >= 0.3 is 0 Å². The van der Waals surface area contributed by atoms with Crippen LogP contribution in [0.25, 0.3) is 21.9 Å². The molecule has 1 aromatic carbocycles. The fourth-order valence-corrected chi connectivity index (χ4v) is 2.02. The minimum atomic E-state index is -0.0741. The molecule has 3 N–H and O–H groups in total. The lowest BCUT2D eigenvalue weighted by molar-refractivity contribution is 0.958. The molecule has 3 rings (SSSR count).